The molecule has 1 aliphatic heterocycles. The van der Waals surface area contributed by atoms with Crippen LogP contribution in [0.2, 0.25) is 0 Å². The molecule has 0 spiro atoms. The Morgan fingerprint density at radius 2 is 1.83 bits per heavy atom. The van der Waals surface area contributed by atoms with Gasteiger partial charge in [0.2, 0.25) is 0 Å². The summed E-state index contributed by atoms with van der Waals surface area (Å²) in [5.74, 6) is 0. The van der Waals surface area contributed by atoms with Crippen molar-refractivity contribution >= 4 is 12.6 Å². The Morgan fingerprint density at radius 1 is 1.22 bits per heavy atom. The highest BCUT2D eigenvalue weighted by Gasteiger charge is 2.51. The van der Waals surface area contributed by atoms with Gasteiger partial charge in [-0.15, -0.1) is 0 Å². The van der Waals surface area contributed by atoms with Crippen LogP contribution in [0.5, 0.6) is 0 Å². The quantitative estimate of drug-likeness (QED) is 0.372. The van der Waals surface area contributed by atoms with Crippen molar-refractivity contribution in [2.75, 3.05) is 6.54 Å². The van der Waals surface area contributed by atoms with Gasteiger partial charge in [-0.1, -0.05) is 29.4 Å². The van der Waals surface area contributed by atoms with Crippen LogP contribution < -0.4 is 5.46 Å². The van der Waals surface area contributed by atoms with Crippen LogP contribution in [0.15, 0.2) is 29.4 Å². The lowest BCUT2D eigenvalue weighted by Crippen LogP contribution is -2.41. The number of aliphatic hydroxyl groups is 2. The molecule has 124 valence electrons. The van der Waals surface area contributed by atoms with Gasteiger partial charge in [-0.05, 0) is 44.3 Å². The predicted octanol–water partition coefficient (Wildman–Crippen LogP) is 1.69. The van der Waals surface area contributed by atoms with Crippen molar-refractivity contribution in [2.45, 2.75) is 51.1 Å². The van der Waals surface area contributed by atoms with Gasteiger partial charge in [-0.3, -0.25) is 0 Å². The first kappa shape index (κ1) is 17.8. The van der Waals surface area contributed by atoms with Crippen LogP contribution in [-0.4, -0.2) is 41.2 Å². The average Bonchev–Trinajstić information content (AvgIpc) is 2.72. The summed E-state index contributed by atoms with van der Waals surface area (Å²) in [6, 6.07) is 7.03. The Balaban J connectivity index is 2.19. The van der Waals surface area contributed by atoms with E-state index in [9.17, 15) is 10.2 Å². The van der Waals surface area contributed by atoms with Crippen LogP contribution in [0.4, 0.5) is 0 Å². The first-order valence-corrected chi connectivity index (χ1v) is 7.50. The standard InChI is InChI=1S/C15H22BN3O4/c1-14(2)15(3,4)23-16(22-14)11-7-5-6-10(8-11)13(21)12(20)9-18-19-17/h5-8,12-13,20-21H,9H2,1-4H3. The molecule has 23 heavy (non-hydrogen) atoms. The molecule has 1 aliphatic rings. The Hall–Kier alpha value is -1.57. The van der Waals surface area contributed by atoms with E-state index >= 15 is 0 Å². The second-order valence-electron chi connectivity index (χ2n) is 6.68. The number of rotatable bonds is 5. The first-order chi connectivity index (χ1) is 10.7. The third-order valence-electron chi connectivity index (χ3n) is 4.47. The van der Waals surface area contributed by atoms with Crippen molar-refractivity contribution in [3.05, 3.63) is 40.3 Å². The lowest BCUT2D eigenvalue weighted by molar-refractivity contribution is 0.00578. The zero-order valence-corrected chi connectivity index (χ0v) is 13.8. The van der Waals surface area contributed by atoms with Crippen molar-refractivity contribution < 1.29 is 19.5 Å². The molecule has 0 amide bonds. The van der Waals surface area contributed by atoms with E-state index in [4.69, 9.17) is 14.8 Å². The molecule has 2 unspecified atom stereocenters. The van der Waals surface area contributed by atoms with Gasteiger partial charge < -0.3 is 19.5 Å². The third-order valence-corrected chi connectivity index (χ3v) is 4.47. The van der Waals surface area contributed by atoms with Crippen LogP contribution in [0.1, 0.15) is 39.4 Å². The second kappa shape index (κ2) is 6.51. The smallest absolute Gasteiger partial charge is 0.399 e. The van der Waals surface area contributed by atoms with Crippen molar-refractivity contribution in [2.24, 2.45) is 5.11 Å². The third kappa shape index (κ3) is 3.68. The number of azide groups is 1. The molecule has 1 saturated heterocycles. The zero-order valence-electron chi connectivity index (χ0n) is 13.8. The predicted molar refractivity (Wildman–Crippen MR) is 87.1 cm³/mol. The molecule has 0 saturated carbocycles. The fraction of sp³-hybridized carbons (Fsp3) is 0.600. The first-order valence-electron chi connectivity index (χ1n) is 7.50. The van der Waals surface area contributed by atoms with Crippen molar-refractivity contribution in [3.8, 4) is 0 Å². The van der Waals surface area contributed by atoms with Crippen LogP contribution in [0.25, 0.3) is 10.4 Å². The summed E-state index contributed by atoms with van der Waals surface area (Å²) in [7, 11) is -0.540. The summed E-state index contributed by atoms with van der Waals surface area (Å²) in [6.07, 6.45) is -2.32. The molecular formula is C15H22BN3O4. The normalized spacial score (nSPS) is 21.6. The molecule has 1 heterocycles. The fourth-order valence-corrected chi connectivity index (χ4v) is 2.31. The minimum Gasteiger partial charge on any atom is -0.399 e. The average molecular weight is 319 g/mol. The second-order valence-corrected chi connectivity index (χ2v) is 6.68. The maximum atomic E-state index is 10.2. The number of hydrogen-bond acceptors (Lipinski definition) is 5. The van der Waals surface area contributed by atoms with Gasteiger partial charge in [-0.2, -0.15) is 0 Å². The van der Waals surface area contributed by atoms with E-state index in [0.717, 1.165) is 5.46 Å². The van der Waals surface area contributed by atoms with Gasteiger partial charge in [0.1, 0.15) is 6.10 Å². The molecule has 1 aromatic carbocycles. The lowest BCUT2D eigenvalue weighted by Gasteiger charge is -2.32. The van der Waals surface area contributed by atoms with Gasteiger partial charge in [0.05, 0.1) is 23.9 Å². The maximum absolute atomic E-state index is 10.2. The molecule has 2 rings (SSSR count). The van der Waals surface area contributed by atoms with Crippen molar-refractivity contribution in [3.63, 3.8) is 0 Å². The molecule has 0 aliphatic carbocycles. The Morgan fingerprint density at radius 3 is 2.39 bits per heavy atom. The van der Waals surface area contributed by atoms with Crippen LogP contribution in [0, 0.1) is 0 Å². The van der Waals surface area contributed by atoms with Crippen LogP contribution in [0.3, 0.4) is 0 Å². The highest BCUT2D eigenvalue weighted by atomic mass is 16.7. The van der Waals surface area contributed by atoms with Gasteiger partial charge >= 0.3 is 7.12 Å². The maximum Gasteiger partial charge on any atom is 0.494 e. The largest absolute Gasteiger partial charge is 0.494 e. The molecule has 2 N–H and O–H groups in total. The SMILES string of the molecule is CC1(C)OB(c2cccc(C(O)C(O)CN=[N+]=[N-])c2)OC1(C)C. The van der Waals surface area contributed by atoms with Gasteiger partial charge in [0.25, 0.3) is 0 Å². The molecule has 7 nitrogen and oxygen atoms in total. The highest BCUT2D eigenvalue weighted by molar-refractivity contribution is 6.62. The Bertz CT molecular complexity index is 600. The van der Waals surface area contributed by atoms with Gasteiger partial charge in [0, 0.05) is 4.91 Å². The fourth-order valence-electron chi connectivity index (χ4n) is 2.31. The van der Waals surface area contributed by atoms with Crippen molar-refractivity contribution in [1.82, 2.24) is 0 Å². The van der Waals surface area contributed by atoms with E-state index in [1.807, 2.05) is 33.8 Å². The molecule has 2 atom stereocenters. The molecule has 0 bridgehead atoms. The minimum absolute atomic E-state index is 0.196. The van der Waals surface area contributed by atoms with Gasteiger partial charge in [-0.25, -0.2) is 0 Å². The summed E-state index contributed by atoms with van der Waals surface area (Å²) < 4.78 is 12.0. The van der Waals surface area contributed by atoms with E-state index in [1.54, 1.807) is 18.2 Å². The topological polar surface area (TPSA) is 108 Å². The summed E-state index contributed by atoms with van der Waals surface area (Å²) in [5.41, 5.74) is 8.66. The number of nitrogens with zero attached hydrogens (tertiary/aromatic N) is 3. The molecule has 8 heteroatoms. The van der Waals surface area contributed by atoms with E-state index in [1.165, 1.54) is 0 Å². The summed E-state index contributed by atoms with van der Waals surface area (Å²) in [4.78, 5) is 2.58. The summed E-state index contributed by atoms with van der Waals surface area (Å²) in [6.45, 7) is 7.67. The minimum atomic E-state index is -1.17. The van der Waals surface area contributed by atoms with E-state index in [-0.39, 0.29) is 6.54 Å². The van der Waals surface area contributed by atoms with Crippen LogP contribution >= 0.6 is 0 Å². The van der Waals surface area contributed by atoms with E-state index in [2.05, 4.69) is 10.0 Å². The Kier molecular flexibility index (Phi) is 5.03. The van der Waals surface area contributed by atoms with E-state index < -0.39 is 30.5 Å². The monoisotopic (exact) mass is 319 g/mol. The summed E-state index contributed by atoms with van der Waals surface area (Å²) >= 11 is 0. The number of hydrogen-bond donors (Lipinski definition) is 2. The lowest BCUT2D eigenvalue weighted by atomic mass is 9.78. The van der Waals surface area contributed by atoms with E-state index in [0.29, 0.717) is 5.56 Å². The molecular weight excluding hydrogens is 297 g/mol. The molecule has 0 radical (unpaired) electrons. The highest BCUT2D eigenvalue weighted by Crippen LogP contribution is 2.36. The number of aliphatic hydroxyl groups excluding tert-OH is 2. The summed E-state index contributed by atoms with van der Waals surface area (Å²) in [5, 5.41) is 23.3. The Labute approximate surface area is 136 Å². The van der Waals surface area contributed by atoms with Crippen molar-refractivity contribution in [1.29, 1.82) is 0 Å². The van der Waals surface area contributed by atoms with Gasteiger partial charge in [0.15, 0.2) is 0 Å². The number of benzene rings is 1. The molecule has 1 aromatic rings. The molecule has 1 fully saturated rings. The van der Waals surface area contributed by atoms with Crippen LogP contribution in [-0.2, 0) is 9.31 Å². The molecule has 0 aromatic heterocycles. The zero-order chi connectivity index (χ0) is 17.3.